The summed E-state index contributed by atoms with van der Waals surface area (Å²) in [7, 11) is 0. The van der Waals surface area contributed by atoms with Gasteiger partial charge in [0.25, 0.3) is 5.91 Å². The summed E-state index contributed by atoms with van der Waals surface area (Å²) < 4.78 is 11.1. The van der Waals surface area contributed by atoms with Gasteiger partial charge in [-0.1, -0.05) is 18.2 Å². The molecule has 1 aliphatic heterocycles. The van der Waals surface area contributed by atoms with E-state index in [-0.39, 0.29) is 11.8 Å². The number of fused-ring (bicyclic) bond motifs is 1. The zero-order chi connectivity index (χ0) is 19.4. The van der Waals surface area contributed by atoms with Crippen LogP contribution in [0.2, 0.25) is 0 Å². The minimum absolute atomic E-state index is 0.124. The molecule has 6 nitrogen and oxygen atoms in total. The van der Waals surface area contributed by atoms with Crippen LogP contribution in [0.5, 0.6) is 11.5 Å². The van der Waals surface area contributed by atoms with Crippen LogP contribution in [0.15, 0.2) is 42.5 Å². The number of ether oxygens (including phenoxy) is 2. The fourth-order valence-electron chi connectivity index (χ4n) is 3.11. The van der Waals surface area contributed by atoms with Crippen LogP contribution in [0.3, 0.4) is 0 Å². The fourth-order valence-corrected chi connectivity index (χ4v) is 3.11. The Hall–Kier alpha value is -3.02. The second kappa shape index (κ2) is 8.12. The molecule has 0 fully saturated rings. The van der Waals surface area contributed by atoms with Gasteiger partial charge in [0.2, 0.25) is 5.91 Å². The van der Waals surface area contributed by atoms with Gasteiger partial charge in [-0.15, -0.1) is 0 Å². The maximum atomic E-state index is 12.8. The lowest BCUT2D eigenvalue weighted by Crippen LogP contribution is -2.42. The first kappa shape index (κ1) is 18.8. The Morgan fingerprint density at radius 1 is 1.15 bits per heavy atom. The Morgan fingerprint density at radius 2 is 1.89 bits per heavy atom. The summed E-state index contributed by atoms with van der Waals surface area (Å²) >= 11 is 0. The molecule has 0 saturated heterocycles. The second-order valence-corrected chi connectivity index (χ2v) is 6.28. The van der Waals surface area contributed by atoms with Gasteiger partial charge in [-0.2, -0.15) is 0 Å². The highest BCUT2D eigenvalue weighted by Gasteiger charge is 2.33. The quantitative estimate of drug-likeness (QED) is 0.813. The van der Waals surface area contributed by atoms with Crippen LogP contribution >= 0.6 is 0 Å². The fraction of sp³-hybridized carbons (Fsp3) is 0.333. The molecular formula is C21H24N2O4. The number of hydrogen-bond acceptors (Lipinski definition) is 4. The molecule has 0 radical (unpaired) electrons. The number of benzene rings is 2. The van der Waals surface area contributed by atoms with Gasteiger partial charge in [-0.3, -0.25) is 9.59 Å². The summed E-state index contributed by atoms with van der Waals surface area (Å²) in [5.74, 6) is 0.818. The smallest absolute Gasteiger partial charge is 0.255 e. The van der Waals surface area contributed by atoms with Crippen LogP contribution in [0.25, 0.3) is 0 Å². The number of rotatable bonds is 7. The van der Waals surface area contributed by atoms with Crippen molar-refractivity contribution in [2.45, 2.75) is 33.4 Å². The van der Waals surface area contributed by atoms with E-state index >= 15 is 0 Å². The van der Waals surface area contributed by atoms with Gasteiger partial charge in [0.15, 0.2) is 0 Å². The first-order valence-corrected chi connectivity index (χ1v) is 9.14. The van der Waals surface area contributed by atoms with Gasteiger partial charge in [0.1, 0.15) is 17.5 Å². The zero-order valence-corrected chi connectivity index (χ0v) is 15.8. The van der Waals surface area contributed by atoms with Crippen molar-refractivity contribution in [3.63, 3.8) is 0 Å². The highest BCUT2D eigenvalue weighted by atomic mass is 16.5. The van der Waals surface area contributed by atoms with Gasteiger partial charge in [-0.05, 0) is 44.5 Å². The molecule has 0 unspecified atom stereocenters. The molecule has 1 heterocycles. The molecule has 6 heteroatoms. The van der Waals surface area contributed by atoms with Crippen molar-refractivity contribution in [1.29, 1.82) is 0 Å². The van der Waals surface area contributed by atoms with E-state index < -0.39 is 6.04 Å². The van der Waals surface area contributed by atoms with E-state index in [4.69, 9.17) is 9.47 Å². The van der Waals surface area contributed by atoms with Crippen LogP contribution < -0.4 is 14.8 Å². The van der Waals surface area contributed by atoms with Crippen molar-refractivity contribution in [1.82, 2.24) is 4.90 Å². The summed E-state index contributed by atoms with van der Waals surface area (Å²) in [6.07, 6.45) is 0. The number of anilines is 1. The molecule has 2 aromatic carbocycles. The Labute approximate surface area is 159 Å². The molecular weight excluding hydrogens is 344 g/mol. The number of hydrogen-bond donors (Lipinski definition) is 1. The maximum absolute atomic E-state index is 12.8. The van der Waals surface area contributed by atoms with Crippen LogP contribution in [-0.4, -0.2) is 36.0 Å². The zero-order valence-electron chi connectivity index (χ0n) is 15.8. The second-order valence-electron chi connectivity index (χ2n) is 6.28. The molecule has 27 heavy (non-hydrogen) atoms. The number of carbonyl (C=O) groups excluding carboxylic acids is 2. The van der Waals surface area contributed by atoms with Gasteiger partial charge < -0.3 is 19.7 Å². The predicted octanol–water partition coefficient (Wildman–Crippen LogP) is 3.47. The van der Waals surface area contributed by atoms with E-state index in [0.717, 1.165) is 5.56 Å². The van der Waals surface area contributed by atoms with Gasteiger partial charge in [0, 0.05) is 18.2 Å². The lowest BCUT2D eigenvalue weighted by atomic mass is 10.1. The number of carbonyl (C=O) groups is 2. The van der Waals surface area contributed by atoms with Crippen molar-refractivity contribution in [3.8, 4) is 11.5 Å². The summed E-state index contributed by atoms with van der Waals surface area (Å²) in [5.41, 5.74) is 2.13. The molecule has 0 aromatic heterocycles. The Morgan fingerprint density at radius 3 is 2.59 bits per heavy atom. The van der Waals surface area contributed by atoms with E-state index in [0.29, 0.717) is 42.5 Å². The first-order valence-electron chi connectivity index (χ1n) is 9.14. The van der Waals surface area contributed by atoms with Crippen LogP contribution in [-0.2, 0) is 11.3 Å². The maximum Gasteiger partial charge on any atom is 0.255 e. The van der Waals surface area contributed by atoms with E-state index in [1.807, 2.05) is 32.0 Å². The van der Waals surface area contributed by atoms with Crippen molar-refractivity contribution in [2.24, 2.45) is 0 Å². The molecule has 0 saturated carbocycles. The monoisotopic (exact) mass is 368 g/mol. The molecule has 1 aliphatic rings. The minimum atomic E-state index is -0.616. The largest absolute Gasteiger partial charge is 0.494 e. The van der Waals surface area contributed by atoms with Crippen molar-refractivity contribution >= 4 is 17.5 Å². The minimum Gasteiger partial charge on any atom is -0.494 e. The topological polar surface area (TPSA) is 67.9 Å². The third-order valence-corrected chi connectivity index (χ3v) is 4.52. The standard InChI is InChI=1S/C21H24N2O4/c1-4-26-16-10-11-19(27-5-2)18(12-16)22-20(24)14(3)23-13-15-8-6-7-9-17(15)21(23)25/h6-12,14H,4-5,13H2,1-3H3,(H,22,24)/t14-/m0/s1. The lowest BCUT2D eigenvalue weighted by Gasteiger charge is -2.24. The Balaban J connectivity index is 1.77. The van der Waals surface area contributed by atoms with Crippen molar-refractivity contribution in [3.05, 3.63) is 53.6 Å². The Kier molecular flexibility index (Phi) is 5.64. The van der Waals surface area contributed by atoms with E-state index in [2.05, 4.69) is 5.32 Å². The number of amides is 2. The molecule has 1 N–H and O–H groups in total. The number of nitrogens with one attached hydrogen (secondary N) is 1. The van der Waals surface area contributed by atoms with E-state index in [1.165, 1.54) is 0 Å². The summed E-state index contributed by atoms with van der Waals surface area (Å²) in [5, 5.41) is 2.88. The molecule has 3 rings (SSSR count). The molecule has 2 aromatic rings. The normalized spacial score (nSPS) is 13.9. The highest BCUT2D eigenvalue weighted by Crippen LogP contribution is 2.30. The molecule has 0 spiro atoms. The molecule has 0 bridgehead atoms. The van der Waals surface area contributed by atoms with Crippen molar-refractivity contribution < 1.29 is 19.1 Å². The van der Waals surface area contributed by atoms with Gasteiger partial charge in [-0.25, -0.2) is 0 Å². The highest BCUT2D eigenvalue weighted by molar-refractivity contribution is 6.03. The van der Waals surface area contributed by atoms with Crippen LogP contribution in [0.1, 0.15) is 36.7 Å². The molecule has 1 atom stereocenters. The van der Waals surface area contributed by atoms with Gasteiger partial charge in [0.05, 0.1) is 18.9 Å². The summed E-state index contributed by atoms with van der Waals surface area (Å²) in [6.45, 7) is 6.94. The van der Waals surface area contributed by atoms with E-state index in [9.17, 15) is 9.59 Å². The molecule has 142 valence electrons. The van der Waals surface area contributed by atoms with E-state index in [1.54, 1.807) is 36.1 Å². The Bertz CT molecular complexity index is 850. The third kappa shape index (κ3) is 3.89. The first-order chi connectivity index (χ1) is 13.0. The lowest BCUT2D eigenvalue weighted by molar-refractivity contribution is -0.120. The predicted molar refractivity (Wildman–Crippen MR) is 103 cm³/mol. The third-order valence-electron chi connectivity index (χ3n) is 4.52. The summed E-state index contributed by atoms with van der Waals surface area (Å²) in [4.78, 5) is 27.0. The van der Waals surface area contributed by atoms with Crippen LogP contribution in [0.4, 0.5) is 5.69 Å². The average molecular weight is 368 g/mol. The average Bonchev–Trinajstić information content (AvgIpc) is 3.00. The molecule has 2 amide bonds. The van der Waals surface area contributed by atoms with Crippen molar-refractivity contribution in [2.75, 3.05) is 18.5 Å². The van der Waals surface area contributed by atoms with Gasteiger partial charge >= 0.3 is 0 Å². The summed E-state index contributed by atoms with van der Waals surface area (Å²) in [6, 6.07) is 12.1. The SMILES string of the molecule is CCOc1ccc(OCC)c(NC(=O)[C@H](C)N2Cc3ccccc3C2=O)c1. The number of nitrogens with zero attached hydrogens (tertiary/aromatic N) is 1. The molecule has 0 aliphatic carbocycles. The van der Waals surface area contributed by atoms with Crippen LogP contribution in [0, 0.1) is 0 Å².